The molecule has 3 aliphatic rings. The molecule has 2 N–H and O–H groups in total. The lowest BCUT2D eigenvalue weighted by atomic mass is 10.1. The number of nitrogens with zero attached hydrogens (tertiary/aromatic N) is 1. The van der Waals surface area contributed by atoms with Crippen molar-refractivity contribution in [3.8, 4) is 0 Å². The predicted octanol–water partition coefficient (Wildman–Crippen LogP) is 3.72. The van der Waals surface area contributed by atoms with Crippen molar-refractivity contribution in [2.24, 2.45) is 5.92 Å². The van der Waals surface area contributed by atoms with Crippen LogP contribution in [0.15, 0.2) is 36.4 Å². The van der Waals surface area contributed by atoms with Gasteiger partial charge in [0, 0.05) is 42.1 Å². The number of carbonyl (C=O) groups excluding carboxylic acids is 1. The number of carbonyl (C=O) groups is 1. The van der Waals surface area contributed by atoms with Crippen LogP contribution in [0.1, 0.15) is 24.0 Å². The third kappa shape index (κ3) is 3.69. The van der Waals surface area contributed by atoms with E-state index in [4.69, 9.17) is 4.74 Å². The normalized spacial score (nSPS) is 23.4. The van der Waals surface area contributed by atoms with Gasteiger partial charge in [0.05, 0.1) is 12.7 Å². The van der Waals surface area contributed by atoms with E-state index < -0.39 is 6.04 Å². The summed E-state index contributed by atoms with van der Waals surface area (Å²) in [5.74, 6) is 0.308. The second-order valence-electron chi connectivity index (χ2n) is 8.35. The Morgan fingerprint density at radius 2 is 2.14 bits per heavy atom. The molecule has 29 heavy (non-hydrogen) atoms. The molecule has 1 aliphatic carbocycles. The number of aryl methyl sites for hydroxylation is 1. The van der Waals surface area contributed by atoms with E-state index in [2.05, 4.69) is 21.6 Å². The molecule has 2 atom stereocenters. The van der Waals surface area contributed by atoms with Crippen LogP contribution in [0.25, 0.3) is 0 Å². The Morgan fingerprint density at radius 1 is 1.28 bits per heavy atom. The average molecular weight is 395 g/mol. The monoisotopic (exact) mass is 395 g/mol. The number of ether oxygens (including phenoxy) is 1. The van der Waals surface area contributed by atoms with Crippen molar-refractivity contribution in [3.63, 3.8) is 0 Å². The fourth-order valence-electron chi connectivity index (χ4n) is 4.40. The zero-order valence-electron chi connectivity index (χ0n) is 16.6. The molecule has 0 bridgehead atoms. The third-order valence-electron chi connectivity index (χ3n) is 6.23. The summed E-state index contributed by atoms with van der Waals surface area (Å²) in [6, 6.07) is 10.7. The summed E-state index contributed by atoms with van der Waals surface area (Å²) in [6.45, 7) is 4.43. The van der Waals surface area contributed by atoms with E-state index in [9.17, 15) is 9.18 Å². The average Bonchev–Trinajstić information content (AvgIpc) is 3.48. The van der Waals surface area contributed by atoms with Gasteiger partial charge in [0.15, 0.2) is 0 Å². The minimum absolute atomic E-state index is 0.144. The number of nitrogens with one attached hydrogen (secondary N) is 2. The highest BCUT2D eigenvalue weighted by Crippen LogP contribution is 2.37. The van der Waals surface area contributed by atoms with Crippen LogP contribution in [0, 0.1) is 18.7 Å². The van der Waals surface area contributed by atoms with Gasteiger partial charge in [-0.2, -0.15) is 0 Å². The van der Waals surface area contributed by atoms with Crippen molar-refractivity contribution in [1.82, 2.24) is 0 Å². The number of rotatable bonds is 4. The van der Waals surface area contributed by atoms with Crippen molar-refractivity contribution in [2.45, 2.75) is 38.3 Å². The fourth-order valence-corrected chi connectivity index (χ4v) is 4.40. The van der Waals surface area contributed by atoms with Crippen LogP contribution < -0.4 is 15.5 Å². The Bertz CT molecular complexity index is 913. The number of hydrogen-bond acceptors (Lipinski definition) is 4. The van der Waals surface area contributed by atoms with Crippen LogP contribution in [0.2, 0.25) is 0 Å². The lowest BCUT2D eigenvalue weighted by Crippen LogP contribution is -2.43. The largest absolute Gasteiger partial charge is 0.374 e. The summed E-state index contributed by atoms with van der Waals surface area (Å²) in [4.78, 5) is 15.2. The van der Waals surface area contributed by atoms with Crippen LogP contribution >= 0.6 is 0 Å². The van der Waals surface area contributed by atoms with Crippen molar-refractivity contribution in [1.29, 1.82) is 0 Å². The second-order valence-corrected chi connectivity index (χ2v) is 8.35. The van der Waals surface area contributed by atoms with Gasteiger partial charge < -0.3 is 20.3 Å². The fraction of sp³-hybridized carbons (Fsp3) is 0.435. The Balaban J connectivity index is 1.26. The zero-order chi connectivity index (χ0) is 20.0. The summed E-state index contributed by atoms with van der Waals surface area (Å²) in [5, 5.41) is 6.19. The Morgan fingerprint density at radius 3 is 2.93 bits per heavy atom. The number of fused-ring (bicyclic) bond motifs is 1. The zero-order valence-corrected chi connectivity index (χ0v) is 16.6. The Kier molecular flexibility index (Phi) is 4.66. The first-order chi connectivity index (χ1) is 14.1. The number of morpholine rings is 1. The molecular formula is C23H26FN3O2. The number of anilines is 3. The van der Waals surface area contributed by atoms with Crippen LogP contribution in [0.4, 0.5) is 21.5 Å². The lowest BCUT2D eigenvalue weighted by molar-refractivity contribution is -0.116. The van der Waals surface area contributed by atoms with Gasteiger partial charge in [-0.1, -0.05) is 12.1 Å². The maximum Gasteiger partial charge on any atom is 0.247 e. The summed E-state index contributed by atoms with van der Waals surface area (Å²) < 4.78 is 20.0. The highest BCUT2D eigenvalue weighted by molar-refractivity contribution is 5.98. The van der Waals surface area contributed by atoms with Gasteiger partial charge in [-0.25, -0.2) is 4.39 Å². The molecule has 0 spiro atoms. The molecule has 5 nitrogen and oxygen atoms in total. The van der Waals surface area contributed by atoms with Crippen molar-refractivity contribution < 1.29 is 13.9 Å². The second kappa shape index (κ2) is 7.34. The lowest BCUT2D eigenvalue weighted by Gasteiger charge is -2.35. The summed E-state index contributed by atoms with van der Waals surface area (Å²) in [6.07, 6.45) is 3.22. The minimum atomic E-state index is -0.466. The van der Waals surface area contributed by atoms with E-state index in [0.29, 0.717) is 24.0 Å². The molecule has 2 unspecified atom stereocenters. The smallest absolute Gasteiger partial charge is 0.247 e. The number of benzene rings is 2. The highest BCUT2D eigenvalue weighted by Gasteiger charge is 2.35. The van der Waals surface area contributed by atoms with E-state index in [0.717, 1.165) is 42.3 Å². The van der Waals surface area contributed by atoms with Crippen LogP contribution in [0.5, 0.6) is 0 Å². The first-order valence-corrected chi connectivity index (χ1v) is 10.4. The molecule has 5 rings (SSSR count). The van der Waals surface area contributed by atoms with Gasteiger partial charge >= 0.3 is 0 Å². The molecule has 0 radical (unpaired) electrons. The molecular weight excluding hydrogens is 369 g/mol. The third-order valence-corrected chi connectivity index (χ3v) is 6.23. The maximum absolute atomic E-state index is 14.1. The SMILES string of the molecule is Cc1ccc(F)c2c1NC(C(=O)Nc1cccc(N3CCOC(C4CC4)C3)c1)C2. The molecule has 1 saturated heterocycles. The number of hydrogen-bond donors (Lipinski definition) is 2. The van der Waals surface area contributed by atoms with Gasteiger partial charge in [0.2, 0.25) is 5.91 Å². The molecule has 1 saturated carbocycles. The molecule has 1 amide bonds. The van der Waals surface area contributed by atoms with Crippen LogP contribution in [-0.2, 0) is 16.0 Å². The molecule has 6 heteroatoms. The van der Waals surface area contributed by atoms with Crippen LogP contribution in [-0.4, -0.2) is 37.7 Å². The van der Waals surface area contributed by atoms with Gasteiger partial charge in [-0.05, 0) is 55.5 Å². The molecule has 0 aromatic heterocycles. The number of halogens is 1. The quantitative estimate of drug-likeness (QED) is 0.829. The Labute approximate surface area is 170 Å². The first-order valence-electron chi connectivity index (χ1n) is 10.4. The van der Waals surface area contributed by atoms with Crippen molar-refractivity contribution >= 4 is 23.0 Å². The van der Waals surface area contributed by atoms with E-state index in [-0.39, 0.29) is 11.7 Å². The molecule has 2 fully saturated rings. The molecule has 2 aromatic carbocycles. The predicted molar refractivity (Wildman–Crippen MR) is 112 cm³/mol. The Hall–Kier alpha value is -2.60. The molecule has 2 heterocycles. The summed E-state index contributed by atoms with van der Waals surface area (Å²) in [7, 11) is 0. The van der Waals surface area contributed by atoms with Gasteiger partial charge in [-0.3, -0.25) is 4.79 Å². The number of amides is 1. The molecule has 152 valence electrons. The topological polar surface area (TPSA) is 53.6 Å². The van der Waals surface area contributed by atoms with Crippen molar-refractivity contribution in [3.05, 3.63) is 53.3 Å². The molecule has 2 aliphatic heterocycles. The van der Waals surface area contributed by atoms with Crippen LogP contribution in [0.3, 0.4) is 0 Å². The maximum atomic E-state index is 14.1. The van der Waals surface area contributed by atoms with E-state index in [1.165, 1.54) is 18.9 Å². The van der Waals surface area contributed by atoms with Crippen molar-refractivity contribution in [2.75, 3.05) is 35.2 Å². The summed E-state index contributed by atoms with van der Waals surface area (Å²) in [5.41, 5.74) is 4.16. The van der Waals surface area contributed by atoms with E-state index in [1.807, 2.05) is 25.1 Å². The summed E-state index contributed by atoms with van der Waals surface area (Å²) >= 11 is 0. The molecule has 2 aromatic rings. The van der Waals surface area contributed by atoms with Gasteiger partial charge in [0.1, 0.15) is 11.9 Å². The van der Waals surface area contributed by atoms with E-state index in [1.54, 1.807) is 6.07 Å². The highest BCUT2D eigenvalue weighted by atomic mass is 19.1. The minimum Gasteiger partial charge on any atom is -0.374 e. The van der Waals surface area contributed by atoms with Gasteiger partial charge in [0.25, 0.3) is 0 Å². The first kappa shape index (κ1) is 18.4. The standard InChI is InChI=1S/C23H26FN3O2/c1-14-5-8-19(24)18-12-20(26-22(14)18)23(28)25-16-3-2-4-17(11-16)27-9-10-29-21(13-27)15-6-7-15/h2-5,8,11,15,20-21,26H,6-7,9-10,12-13H2,1H3,(H,25,28). The van der Waals surface area contributed by atoms with Gasteiger partial charge in [-0.15, -0.1) is 0 Å². The van der Waals surface area contributed by atoms with E-state index >= 15 is 0 Å².